The number of ether oxygens (including phenoxy) is 1. The normalized spacial score (nSPS) is 22.8. The van der Waals surface area contributed by atoms with Crippen molar-refractivity contribution in [1.29, 1.82) is 0 Å². The van der Waals surface area contributed by atoms with Crippen LogP contribution in [-0.4, -0.2) is 0 Å². The molecule has 0 radical (unpaired) electrons. The number of rotatable bonds is 10. The van der Waals surface area contributed by atoms with Gasteiger partial charge in [0.2, 0.25) is 0 Å². The van der Waals surface area contributed by atoms with Gasteiger partial charge in [-0.3, -0.25) is 0 Å². The molecular formula is C40H54O. The summed E-state index contributed by atoms with van der Waals surface area (Å²) in [6.07, 6.45) is 33.9. The second-order valence-electron chi connectivity index (χ2n) is 13.7. The molecule has 0 saturated heterocycles. The lowest BCUT2D eigenvalue weighted by Crippen LogP contribution is -2.19. The standard InChI is InChI=1S/C40H54O/c1-29(21-23-35-33(5)19-13-25-39(35,7)8)15-11-17-31(3)27-37-38(41-37)28-32(4)18-12-16-30(2)22-24-36-34(6)20-14-26-40(36,9)10/h11-12,15-18,21-24,27-28H,13-14,19-20,25-26H2,1-10H3/b17-11+,18-12+,23-21+,24-22+,29-15+,30-16+,31-27+,32-28+. The molecule has 0 N–H and O–H groups in total. The largest absolute Gasteiger partial charge is 0.449 e. The Morgan fingerprint density at radius 1 is 0.585 bits per heavy atom. The molecule has 0 unspecified atom stereocenters. The fourth-order valence-electron chi connectivity index (χ4n) is 6.07. The first-order valence-electron chi connectivity index (χ1n) is 15.5. The summed E-state index contributed by atoms with van der Waals surface area (Å²) >= 11 is 0. The van der Waals surface area contributed by atoms with E-state index in [0.29, 0.717) is 0 Å². The fourth-order valence-corrected chi connectivity index (χ4v) is 6.07. The molecule has 0 aromatic carbocycles. The van der Waals surface area contributed by atoms with Crippen LogP contribution in [0.25, 0.3) is 0 Å². The maximum Gasteiger partial charge on any atom is 0.170 e. The van der Waals surface area contributed by atoms with Gasteiger partial charge in [-0.15, -0.1) is 0 Å². The van der Waals surface area contributed by atoms with Crippen LogP contribution in [0.4, 0.5) is 0 Å². The van der Waals surface area contributed by atoms with Gasteiger partial charge in [-0.1, -0.05) is 111 Å². The fraction of sp³-hybridized carbons (Fsp3) is 0.450. The van der Waals surface area contributed by atoms with Crippen LogP contribution in [-0.2, 0) is 4.74 Å². The van der Waals surface area contributed by atoms with E-state index >= 15 is 0 Å². The summed E-state index contributed by atoms with van der Waals surface area (Å²) in [6.45, 7) is 22.6. The Labute approximate surface area is 251 Å². The lowest BCUT2D eigenvalue weighted by molar-refractivity contribution is 0.376. The van der Waals surface area contributed by atoms with E-state index in [0.717, 1.165) is 11.5 Å². The third-order valence-corrected chi connectivity index (χ3v) is 8.69. The molecule has 3 rings (SSSR count). The highest BCUT2D eigenvalue weighted by Gasteiger charge is 2.27. The summed E-state index contributed by atoms with van der Waals surface area (Å²) in [5.74, 6) is 1.91. The van der Waals surface area contributed by atoms with E-state index in [1.54, 1.807) is 11.1 Å². The van der Waals surface area contributed by atoms with E-state index in [4.69, 9.17) is 4.74 Å². The Morgan fingerprint density at radius 3 is 1.34 bits per heavy atom. The van der Waals surface area contributed by atoms with Gasteiger partial charge in [0.1, 0.15) is 0 Å². The minimum atomic E-state index is 0.281. The summed E-state index contributed by atoms with van der Waals surface area (Å²) in [5, 5.41) is 0. The molecule has 0 saturated carbocycles. The van der Waals surface area contributed by atoms with Crippen LogP contribution < -0.4 is 0 Å². The smallest absolute Gasteiger partial charge is 0.170 e. The highest BCUT2D eigenvalue weighted by molar-refractivity contribution is 5.44. The number of allylic oxidation sites excluding steroid dienone is 20. The van der Waals surface area contributed by atoms with Crippen LogP contribution in [0.15, 0.2) is 129 Å². The molecule has 1 heterocycles. The predicted octanol–water partition coefficient (Wildman–Crippen LogP) is 12.3. The van der Waals surface area contributed by atoms with Crippen molar-refractivity contribution in [2.24, 2.45) is 10.8 Å². The van der Waals surface area contributed by atoms with Gasteiger partial charge in [-0.2, -0.15) is 0 Å². The molecule has 3 aliphatic rings. The van der Waals surface area contributed by atoms with Crippen molar-refractivity contribution in [3.8, 4) is 0 Å². The molecule has 1 heteroatoms. The van der Waals surface area contributed by atoms with Crippen molar-refractivity contribution >= 4 is 0 Å². The van der Waals surface area contributed by atoms with Crippen LogP contribution in [0.3, 0.4) is 0 Å². The topological polar surface area (TPSA) is 12.5 Å². The van der Waals surface area contributed by atoms with E-state index < -0.39 is 0 Å². The molecule has 0 atom stereocenters. The van der Waals surface area contributed by atoms with E-state index in [-0.39, 0.29) is 10.8 Å². The highest BCUT2D eigenvalue weighted by Crippen LogP contribution is 2.41. The highest BCUT2D eigenvalue weighted by atomic mass is 16.6. The minimum Gasteiger partial charge on any atom is -0.449 e. The van der Waals surface area contributed by atoms with Crippen molar-refractivity contribution in [3.05, 3.63) is 129 Å². The molecule has 41 heavy (non-hydrogen) atoms. The summed E-state index contributed by atoms with van der Waals surface area (Å²) in [5.41, 5.74) is 11.5. The van der Waals surface area contributed by atoms with Crippen molar-refractivity contribution in [2.45, 2.75) is 108 Å². The van der Waals surface area contributed by atoms with Gasteiger partial charge in [0.25, 0.3) is 0 Å². The van der Waals surface area contributed by atoms with Crippen molar-refractivity contribution in [3.63, 3.8) is 0 Å². The predicted molar refractivity (Wildman–Crippen MR) is 180 cm³/mol. The van der Waals surface area contributed by atoms with Crippen LogP contribution in [0.5, 0.6) is 0 Å². The average Bonchev–Trinajstić information content (AvgIpc) is 3.58. The molecule has 1 nitrogen and oxygen atoms in total. The van der Waals surface area contributed by atoms with Crippen LogP contribution in [0.1, 0.15) is 108 Å². The zero-order valence-electron chi connectivity index (χ0n) is 27.6. The van der Waals surface area contributed by atoms with Crippen LogP contribution in [0, 0.1) is 10.8 Å². The molecule has 0 aromatic rings. The molecule has 0 bridgehead atoms. The van der Waals surface area contributed by atoms with Crippen molar-refractivity contribution < 1.29 is 4.74 Å². The van der Waals surface area contributed by atoms with E-state index in [1.807, 2.05) is 0 Å². The first-order chi connectivity index (χ1) is 19.3. The summed E-state index contributed by atoms with van der Waals surface area (Å²) in [4.78, 5) is 0. The summed E-state index contributed by atoms with van der Waals surface area (Å²) in [6, 6.07) is 0. The van der Waals surface area contributed by atoms with E-state index in [2.05, 4.69) is 142 Å². The van der Waals surface area contributed by atoms with Gasteiger partial charge in [-0.25, -0.2) is 0 Å². The van der Waals surface area contributed by atoms with Crippen LogP contribution >= 0.6 is 0 Å². The van der Waals surface area contributed by atoms with Crippen molar-refractivity contribution in [1.82, 2.24) is 0 Å². The zero-order valence-corrected chi connectivity index (χ0v) is 27.6. The maximum absolute atomic E-state index is 5.73. The SMILES string of the molecule is CC1=C(/C=C/C(C)=C/C=C/C(C)=C/C2=C(/C=C(C)/C=C/C=C(C)/C=C/C3=C(C)CCCC3(C)C)O2)C(C)(C)CCC1. The summed E-state index contributed by atoms with van der Waals surface area (Å²) < 4.78 is 5.73. The van der Waals surface area contributed by atoms with Crippen molar-refractivity contribution in [2.75, 3.05) is 0 Å². The number of hydrogen-bond donors (Lipinski definition) is 0. The van der Waals surface area contributed by atoms with E-state index in [1.165, 1.54) is 72.0 Å². The van der Waals surface area contributed by atoms with Gasteiger partial charge in [0.15, 0.2) is 11.5 Å². The average molecular weight is 551 g/mol. The van der Waals surface area contributed by atoms with Crippen LogP contribution in [0.2, 0.25) is 0 Å². The molecule has 0 fully saturated rings. The molecule has 0 aromatic heterocycles. The molecule has 1 aliphatic heterocycles. The second-order valence-corrected chi connectivity index (χ2v) is 13.7. The Morgan fingerprint density at radius 2 is 0.976 bits per heavy atom. The van der Waals surface area contributed by atoms with Gasteiger partial charge in [-0.05, 0) is 125 Å². The number of hydrogen-bond acceptors (Lipinski definition) is 1. The molecule has 0 spiro atoms. The Balaban J connectivity index is 1.54. The Bertz CT molecular complexity index is 1230. The maximum atomic E-state index is 5.73. The third kappa shape index (κ3) is 10.1. The van der Waals surface area contributed by atoms with Gasteiger partial charge < -0.3 is 4.74 Å². The second kappa shape index (κ2) is 14.2. The zero-order chi connectivity index (χ0) is 30.2. The lowest BCUT2D eigenvalue weighted by atomic mass is 9.72. The first-order valence-corrected chi connectivity index (χ1v) is 15.5. The van der Waals surface area contributed by atoms with E-state index in [9.17, 15) is 0 Å². The molecule has 2 aliphatic carbocycles. The lowest BCUT2D eigenvalue weighted by Gasteiger charge is -2.33. The summed E-state index contributed by atoms with van der Waals surface area (Å²) in [7, 11) is 0. The molecule has 0 amide bonds. The third-order valence-electron chi connectivity index (χ3n) is 8.69. The van der Waals surface area contributed by atoms with Gasteiger partial charge in [0.05, 0.1) is 0 Å². The van der Waals surface area contributed by atoms with Gasteiger partial charge in [0, 0.05) is 0 Å². The Kier molecular flexibility index (Phi) is 11.3. The Hall–Kier alpha value is -3.06. The van der Waals surface area contributed by atoms with Gasteiger partial charge >= 0.3 is 0 Å². The minimum absolute atomic E-state index is 0.281. The molecule has 220 valence electrons. The molecular weight excluding hydrogens is 496 g/mol. The quantitative estimate of drug-likeness (QED) is 0.246. The monoisotopic (exact) mass is 550 g/mol. The first kappa shape index (κ1) is 32.5.